The Balaban J connectivity index is 1.88. The van der Waals surface area contributed by atoms with Crippen LogP contribution in [0.2, 0.25) is 0 Å². The molecule has 0 bridgehead atoms. The Bertz CT molecular complexity index is 761. The molecule has 3 aliphatic carbocycles. The van der Waals surface area contributed by atoms with E-state index in [2.05, 4.69) is 75.4 Å². The molecule has 0 aromatic heterocycles. The fraction of sp³-hybridized carbons (Fsp3) is 0.250. The van der Waals surface area contributed by atoms with Gasteiger partial charge in [0, 0.05) is 0 Å². The Morgan fingerprint density at radius 1 is 0.500 bits per heavy atom. The molecule has 0 fully saturated rings. The molecular weight excluding hydrogens is 288 g/mol. The van der Waals surface area contributed by atoms with Crippen molar-refractivity contribution in [2.75, 3.05) is 0 Å². The van der Waals surface area contributed by atoms with Crippen LogP contribution in [0.3, 0.4) is 0 Å². The molecule has 1 aromatic carbocycles. The molecule has 0 N–H and O–H groups in total. The zero-order chi connectivity index (χ0) is 16.7. The summed E-state index contributed by atoms with van der Waals surface area (Å²) in [6.45, 7) is 6.69. The molecule has 0 saturated heterocycles. The van der Waals surface area contributed by atoms with Crippen LogP contribution in [0.5, 0.6) is 0 Å². The van der Waals surface area contributed by atoms with Gasteiger partial charge in [-0.15, -0.1) is 0 Å². The van der Waals surface area contributed by atoms with Crippen LogP contribution < -0.4 is 0 Å². The van der Waals surface area contributed by atoms with Gasteiger partial charge in [-0.1, -0.05) is 36.5 Å². The molecule has 3 aliphatic rings. The number of allylic oxidation sites excluding steroid dienone is 12. The lowest BCUT2D eigenvalue weighted by atomic mass is 9.89. The van der Waals surface area contributed by atoms with Crippen molar-refractivity contribution < 1.29 is 0 Å². The minimum Gasteiger partial charge on any atom is -0.0798 e. The fourth-order valence-electron chi connectivity index (χ4n) is 4.03. The standard InChI is InChI=1S/C24H24/c1-16-7-4-10-22(16)19-13-20(23-11-5-8-17(23)2)15-21(14-19)24-12-6-9-18(24)3/h4-9,13-15H,10-12H2,1-3H3. The van der Waals surface area contributed by atoms with Crippen molar-refractivity contribution in [2.24, 2.45) is 0 Å². The van der Waals surface area contributed by atoms with Crippen molar-refractivity contribution in [1.82, 2.24) is 0 Å². The molecule has 0 nitrogen and oxygen atoms in total. The minimum absolute atomic E-state index is 1.06. The Kier molecular flexibility index (Phi) is 3.76. The van der Waals surface area contributed by atoms with Gasteiger partial charge >= 0.3 is 0 Å². The molecule has 0 atom stereocenters. The topological polar surface area (TPSA) is 0 Å². The van der Waals surface area contributed by atoms with Crippen LogP contribution in [0, 0.1) is 0 Å². The molecular formula is C24H24. The van der Waals surface area contributed by atoms with Crippen molar-refractivity contribution >= 4 is 16.7 Å². The zero-order valence-corrected chi connectivity index (χ0v) is 14.8. The predicted octanol–water partition coefficient (Wildman–Crippen LogP) is 6.89. The number of hydrogen-bond acceptors (Lipinski definition) is 0. The number of benzene rings is 1. The predicted molar refractivity (Wildman–Crippen MR) is 105 cm³/mol. The third-order valence-corrected chi connectivity index (χ3v) is 5.48. The van der Waals surface area contributed by atoms with Crippen molar-refractivity contribution in [1.29, 1.82) is 0 Å². The van der Waals surface area contributed by atoms with E-state index in [-0.39, 0.29) is 0 Å². The van der Waals surface area contributed by atoms with Gasteiger partial charge in [0.05, 0.1) is 0 Å². The summed E-state index contributed by atoms with van der Waals surface area (Å²) in [4.78, 5) is 0. The molecule has 0 unspecified atom stereocenters. The first kappa shape index (κ1) is 15.2. The maximum Gasteiger partial charge on any atom is -0.00857 e. The van der Waals surface area contributed by atoms with Gasteiger partial charge < -0.3 is 0 Å². The molecule has 0 saturated carbocycles. The van der Waals surface area contributed by atoms with Crippen LogP contribution >= 0.6 is 0 Å². The van der Waals surface area contributed by atoms with Gasteiger partial charge in [-0.25, -0.2) is 0 Å². The Morgan fingerprint density at radius 2 is 0.792 bits per heavy atom. The molecule has 0 radical (unpaired) electrons. The lowest BCUT2D eigenvalue weighted by molar-refractivity contribution is 1.34. The second-order valence-electron chi connectivity index (χ2n) is 7.10. The van der Waals surface area contributed by atoms with Gasteiger partial charge in [-0.3, -0.25) is 0 Å². The van der Waals surface area contributed by atoms with E-state index in [0.29, 0.717) is 0 Å². The lowest BCUT2D eigenvalue weighted by Gasteiger charge is -2.15. The summed E-state index contributed by atoms with van der Waals surface area (Å²) in [6, 6.07) is 7.21. The highest BCUT2D eigenvalue weighted by atomic mass is 14.2. The first-order valence-corrected chi connectivity index (χ1v) is 8.88. The van der Waals surface area contributed by atoms with Gasteiger partial charge in [0.25, 0.3) is 0 Å². The monoisotopic (exact) mass is 312 g/mol. The number of rotatable bonds is 3. The summed E-state index contributed by atoms with van der Waals surface area (Å²) in [7, 11) is 0. The molecule has 24 heavy (non-hydrogen) atoms. The van der Waals surface area contributed by atoms with E-state index in [0.717, 1.165) is 19.3 Å². The quantitative estimate of drug-likeness (QED) is 0.570. The van der Waals surface area contributed by atoms with Crippen LogP contribution in [-0.4, -0.2) is 0 Å². The Morgan fingerprint density at radius 3 is 1.00 bits per heavy atom. The van der Waals surface area contributed by atoms with Crippen LogP contribution in [0.15, 0.2) is 71.4 Å². The third-order valence-electron chi connectivity index (χ3n) is 5.48. The van der Waals surface area contributed by atoms with Crippen molar-refractivity contribution in [3.05, 3.63) is 88.1 Å². The highest BCUT2D eigenvalue weighted by Crippen LogP contribution is 2.38. The summed E-state index contributed by atoms with van der Waals surface area (Å²) in [5.74, 6) is 0. The second kappa shape index (κ2) is 5.94. The minimum atomic E-state index is 1.06. The van der Waals surface area contributed by atoms with E-state index in [1.165, 1.54) is 50.1 Å². The summed E-state index contributed by atoms with van der Waals surface area (Å²) in [5.41, 5.74) is 12.8. The maximum atomic E-state index is 2.40. The average molecular weight is 312 g/mol. The number of hydrogen-bond donors (Lipinski definition) is 0. The second-order valence-corrected chi connectivity index (χ2v) is 7.10. The van der Waals surface area contributed by atoms with Gasteiger partial charge in [-0.05, 0) is 108 Å². The smallest absolute Gasteiger partial charge is 0.00857 e. The van der Waals surface area contributed by atoms with Gasteiger partial charge in [-0.2, -0.15) is 0 Å². The van der Waals surface area contributed by atoms with Gasteiger partial charge in [0.1, 0.15) is 0 Å². The molecule has 0 spiro atoms. The Hall–Kier alpha value is -2.34. The molecule has 1 aromatic rings. The summed E-state index contributed by atoms with van der Waals surface area (Å²) < 4.78 is 0. The highest BCUT2D eigenvalue weighted by Gasteiger charge is 2.17. The lowest BCUT2D eigenvalue weighted by Crippen LogP contribution is -1.94. The SMILES string of the molecule is CC1=C(c2cc(C3=C(C)C=CC3)cc(C3=C(C)C=CC3)c2)CC=C1. The van der Waals surface area contributed by atoms with E-state index in [4.69, 9.17) is 0 Å². The van der Waals surface area contributed by atoms with Gasteiger partial charge in [0.15, 0.2) is 0 Å². The summed E-state index contributed by atoms with van der Waals surface area (Å²) in [6.07, 6.45) is 16.8. The van der Waals surface area contributed by atoms with E-state index in [9.17, 15) is 0 Å². The third kappa shape index (κ3) is 2.57. The summed E-state index contributed by atoms with van der Waals surface area (Å²) in [5, 5.41) is 0. The highest BCUT2D eigenvalue weighted by molar-refractivity contribution is 5.85. The van der Waals surface area contributed by atoms with Crippen LogP contribution in [0.1, 0.15) is 56.7 Å². The molecule has 0 aliphatic heterocycles. The molecule has 0 heterocycles. The molecule has 120 valence electrons. The van der Waals surface area contributed by atoms with Crippen molar-refractivity contribution in [3.8, 4) is 0 Å². The maximum absolute atomic E-state index is 2.40. The summed E-state index contributed by atoms with van der Waals surface area (Å²) >= 11 is 0. The first-order chi connectivity index (χ1) is 11.6. The van der Waals surface area contributed by atoms with E-state index >= 15 is 0 Å². The van der Waals surface area contributed by atoms with Crippen LogP contribution in [0.4, 0.5) is 0 Å². The molecule has 0 heteroatoms. The normalized spacial score (nSPS) is 19.6. The van der Waals surface area contributed by atoms with E-state index < -0.39 is 0 Å². The molecule has 0 amide bonds. The molecule has 4 rings (SSSR count). The van der Waals surface area contributed by atoms with Gasteiger partial charge in [0.2, 0.25) is 0 Å². The van der Waals surface area contributed by atoms with Crippen molar-refractivity contribution in [3.63, 3.8) is 0 Å². The van der Waals surface area contributed by atoms with Crippen LogP contribution in [0.25, 0.3) is 16.7 Å². The van der Waals surface area contributed by atoms with Crippen molar-refractivity contribution in [2.45, 2.75) is 40.0 Å². The zero-order valence-electron chi connectivity index (χ0n) is 14.8. The largest absolute Gasteiger partial charge is 0.0798 e. The van der Waals surface area contributed by atoms with E-state index in [1.54, 1.807) is 0 Å². The fourth-order valence-corrected chi connectivity index (χ4v) is 4.03. The first-order valence-electron chi connectivity index (χ1n) is 8.88. The van der Waals surface area contributed by atoms with Crippen LogP contribution in [-0.2, 0) is 0 Å². The Labute approximate surface area is 145 Å². The average Bonchev–Trinajstić information content (AvgIpc) is 3.28. The van der Waals surface area contributed by atoms with E-state index in [1.807, 2.05) is 0 Å².